The Morgan fingerprint density at radius 1 is 1.05 bits per heavy atom. The average molecular weight is 307 g/mol. The summed E-state index contributed by atoms with van der Waals surface area (Å²) >= 11 is 0. The Hall–Kier alpha value is -0.870. The van der Waals surface area contributed by atoms with Crippen molar-refractivity contribution in [1.82, 2.24) is 4.72 Å². The average Bonchev–Trinajstić information content (AvgIpc) is 3.28. The zero-order chi connectivity index (χ0) is 14.8. The second-order valence-electron chi connectivity index (χ2n) is 6.75. The standard InChI is InChI=1S/C17H25NO2S/c19-21(20,13-15-7-3-1-4-8-15)18-14-17(11-12-17)16-9-5-2-6-10-16/h2,5-6,9-10,15,18H,1,3-4,7-8,11-14H2. The Kier molecular flexibility index (Phi) is 4.36. The first kappa shape index (κ1) is 15.0. The maximum Gasteiger partial charge on any atom is 0.211 e. The molecule has 2 saturated carbocycles. The van der Waals surface area contributed by atoms with Crippen molar-refractivity contribution in [2.75, 3.05) is 12.3 Å². The Balaban J connectivity index is 1.56. The number of hydrogen-bond donors (Lipinski definition) is 1. The summed E-state index contributed by atoms with van der Waals surface area (Å²) in [6, 6.07) is 10.3. The SMILES string of the molecule is O=S(=O)(CC1CCCCC1)NCC1(c2ccccc2)CC1. The van der Waals surface area contributed by atoms with Crippen LogP contribution in [0.2, 0.25) is 0 Å². The monoisotopic (exact) mass is 307 g/mol. The Labute approximate surface area is 128 Å². The van der Waals surface area contributed by atoms with Crippen LogP contribution in [0.1, 0.15) is 50.5 Å². The van der Waals surface area contributed by atoms with E-state index in [-0.39, 0.29) is 5.41 Å². The van der Waals surface area contributed by atoms with E-state index in [2.05, 4.69) is 16.9 Å². The second-order valence-corrected chi connectivity index (χ2v) is 8.60. The van der Waals surface area contributed by atoms with Gasteiger partial charge in [0.2, 0.25) is 10.0 Å². The number of sulfonamides is 1. The topological polar surface area (TPSA) is 46.2 Å². The highest BCUT2D eigenvalue weighted by Gasteiger charge is 2.44. The third-order valence-corrected chi connectivity index (χ3v) is 6.54. The molecular weight excluding hydrogens is 282 g/mol. The highest BCUT2D eigenvalue weighted by molar-refractivity contribution is 7.89. The number of benzene rings is 1. The van der Waals surface area contributed by atoms with Gasteiger partial charge >= 0.3 is 0 Å². The van der Waals surface area contributed by atoms with E-state index in [4.69, 9.17) is 0 Å². The fourth-order valence-corrected chi connectivity index (χ4v) is 5.05. The molecule has 0 unspecified atom stereocenters. The van der Waals surface area contributed by atoms with Crippen molar-refractivity contribution in [3.8, 4) is 0 Å². The van der Waals surface area contributed by atoms with Crippen LogP contribution in [0.25, 0.3) is 0 Å². The van der Waals surface area contributed by atoms with Crippen molar-refractivity contribution < 1.29 is 8.42 Å². The molecule has 2 fully saturated rings. The number of nitrogens with one attached hydrogen (secondary N) is 1. The highest BCUT2D eigenvalue weighted by Crippen LogP contribution is 2.47. The van der Waals surface area contributed by atoms with E-state index < -0.39 is 10.0 Å². The van der Waals surface area contributed by atoms with Gasteiger partial charge in [0.1, 0.15) is 0 Å². The number of hydrogen-bond acceptors (Lipinski definition) is 2. The van der Waals surface area contributed by atoms with E-state index in [9.17, 15) is 8.42 Å². The summed E-state index contributed by atoms with van der Waals surface area (Å²) < 4.78 is 27.5. The maximum atomic E-state index is 12.3. The summed E-state index contributed by atoms with van der Waals surface area (Å²) in [5.74, 6) is 0.681. The van der Waals surface area contributed by atoms with Crippen LogP contribution in [-0.4, -0.2) is 20.7 Å². The fourth-order valence-electron chi connectivity index (χ4n) is 3.48. The van der Waals surface area contributed by atoms with Crippen LogP contribution >= 0.6 is 0 Å². The van der Waals surface area contributed by atoms with Gasteiger partial charge in [0.15, 0.2) is 0 Å². The molecule has 3 rings (SSSR count). The van der Waals surface area contributed by atoms with Crippen molar-refractivity contribution in [1.29, 1.82) is 0 Å². The predicted octanol–water partition coefficient (Wildman–Crippen LogP) is 3.22. The van der Waals surface area contributed by atoms with Crippen LogP contribution in [0, 0.1) is 5.92 Å². The van der Waals surface area contributed by atoms with E-state index in [1.807, 2.05) is 18.2 Å². The zero-order valence-corrected chi connectivity index (χ0v) is 13.4. The smallest absolute Gasteiger partial charge is 0.211 e. The lowest BCUT2D eigenvalue weighted by atomic mass is 9.91. The van der Waals surface area contributed by atoms with Crippen molar-refractivity contribution in [2.24, 2.45) is 5.92 Å². The first-order valence-corrected chi connectivity index (χ1v) is 9.78. The molecule has 0 aromatic heterocycles. The lowest BCUT2D eigenvalue weighted by Gasteiger charge is -2.22. The molecule has 116 valence electrons. The highest BCUT2D eigenvalue weighted by atomic mass is 32.2. The van der Waals surface area contributed by atoms with Crippen molar-refractivity contribution in [2.45, 2.75) is 50.4 Å². The summed E-state index contributed by atoms with van der Waals surface area (Å²) in [7, 11) is -3.13. The first-order valence-electron chi connectivity index (χ1n) is 8.13. The van der Waals surface area contributed by atoms with Gasteiger partial charge in [-0.15, -0.1) is 0 Å². The van der Waals surface area contributed by atoms with E-state index in [0.29, 0.717) is 18.2 Å². The van der Waals surface area contributed by atoms with E-state index in [1.54, 1.807) is 0 Å². The van der Waals surface area contributed by atoms with Crippen LogP contribution in [0.5, 0.6) is 0 Å². The van der Waals surface area contributed by atoms with Crippen molar-refractivity contribution >= 4 is 10.0 Å². The van der Waals surface area contributed by atoms with E-state index in [0.717, 1.165) is 25.7 Å². The molecule has 1 aromatic carbocycles. The maximum absolute atomic E-state index is 12.3. The zero-order valence-electron chi connectivity index (χ0n) is 12.6. The molecule has 0 amide bonds. The van der Waals surface area contributed by atoms with Gasteiger partial charge in [0, 0.05) is 12.0 Å². The quantitative estimate of drug-likeness (QED) is 0.877. The molecule has 21 heavy (non-hydrogen) atoms. The minimum Gasteiger partial charge on any atom is -0.214 e. The van der Waals surface area contributed by atoms with E-state index >= 15 is 0 Å². The molecule has 0 spiro atoms. The Morgan fingerprint density at radius 2 is 1.71 bits per heavy atom. The van der Waals surface area contributed by atoms with Crippen molar-refractivity contribution in [3.05, 3.63) is 35.9 Å². The van der Waals surface area contributed by atoms with Gasteiger partial charge in [-0.05, 0) is 37.2 Å². The van der Waals surface area contributed by atoms with E-state index in [1.165, 1.54) is 24.8 Å². The predicted molar refractivity (Wildman–Crippen MR) is 85.7 cm³/mol. The summed E-state index contributed by atoms with van der Waals surface area (Å²) in [4.78, 5) is 0. The molecule has 0 radical (unpaired) electrons. The fraction of sp³-hybridized carbons (Fsp3) is 0.647. The van der Waals surface area contributed by atoms with Crippen LogP contribution in [0.3, 0.4) is 0 Å². The Bertz CT molecular complexity index is 558. The summed E-state index contributed by atoms with van der Waals surface area (Å²) in [5.41, 5.74) is 1.33. The summed E-state index contributed by atoms with van der Waals surface area (Å²) in [6.45, 7) is 0.562. The molecule has 2 aliphatic rings. The molecule has 0 saturated heterocycles. The summed E-state index contributed by atoms with van der Waals surface area (Å²) in [6.07, 6.45) is 7.96. The lowest BCUT2D eigenvalue weighted by molar-refractivity contribution is 0.383. The third kappa shape index (κ3) is 3.86. The summed E-state index contributed by atoms with van der Waals surface area (Å²) in [5, 5.41) is 0. The molecular formula is C17H25NO2S. The minimum absolute atomic E-state index is 0.0564. The molecule has 3 nitrogen and oxygen atoms in total. The molecule has 2 aliphatic carbocycles. The van der Waals surface area contributed by atoms with Crippen molar-refractivity contribution in [3.63, 3.8) is 0 Å². The normalized spacial score (nSPS) is 22.1. The third-order valence-electron chi connectivity index (χ3n) is 5.05. The second kappa shape index (κ2) is 6.09. The van der Waals surface area contributed by atoms with Crippen LogP contribution in [-0.2, 0) is 15.4 Å². The number of rotatable bonds is 6. The Morgan fingerprint density at radius 3 is 2.33 bits per heavy atom. The molecule has 4 heteroatoms. The van der Waals surface area contributed by atoms with Crippen LogP contribution < -0.4 is 4.72 Å². The van der Waals surface area contributed by atoms with Gasteiger partial charge in [0.25, 0.3) is 0 Å². The van der Waals surface area contributed by atoms with Crippen LogP contribution in [0.4, 0.5) is 0 Å². The molecule has 1 aromatic rings. The van der Waals surface area contributed by atoms with Gasteiger partial charge < -0.3 is 0 Å². The first-order chi connectivity index (χ1) is 10.1. The molecule has 0 aliphatic heterocycles. The van der Waals surface area contributed by atoms with Gasteiger partial charge in [-0.3, -0.25) is 0 Å². The molecule has 0 bridgehead atoms. The van der Waals surface area contributed by atoms with Gasteiger partial charge in [-0.1, -0.05) is 49.6 Å². The minimum atomic E-state index is -3.13. The van der Waals surface area contributed by atoms with Gasteiger partial charge in [0.05, 0.1) is 5.75 Å². The van der Waals surface area contributed by atoms with Crippen LogP contribution in [0.15, 0.2) is 30.3 Å². The molecule has 0 atom stereocenters. The molecule has 0 heterocycles. The van der Waals surface area contributed by atoms with Gasteiger partial charge in [-0.2, -0.15) is 0 Å². The molecule has 1 N–H and O–H groups in total. The largest absolute Gasteiger partial charge is 0.214 e. The van der Waals surface area contributed by atoms with Gasteiger partial charge in [-0.25, -0.2) is 13.1 Å². The lowest BCUT2D eigenvalue weighted by Crippen LogP contribution is -2.36.